The predicted molar refractivity (Wildman–Crippen MR) is 110 cm³/mol. The van der Waals surface area contributed by atoms with Crippen LogP contribution in [0.2, 0.25) is 5.02 Å². The molecular weight excluding hydrogens is 418 g/mol. The number of aromatic nitrogens is 1. The van der Waals surface area contributed by atoms with E-state index in [-0.39, 0.29) is 4.90 Å². The highest BCUT2D eigenvalue weighted by Gasteiger charge is 2.27. The van der Waals surface area contributed by atoms with E-state index < -0.39 is 15.9 Å². The number of hydrogen-bond acceptors (Lipinski definition) is 4. The van der Waals surface area contributed by atoms with E-state index in [1.165, 1.54) is 39.9 Å². The highest BCUT2D eigenvalue weighted by atomic mass is 35.5. The predicted octanol–water partition coefficient (Wildman–Crippen LogP) is 3.42. The van der Waals surface area contributed by atoms with Gasteiger partial charge in [0.05, 0.1) is 15.1 Å². The minimum Gasteiger partial charge on any atom is -0.319 e. The van der Waals surface area contributed by atoms with Crippen LogP contribution in [-0.2, 0) is 17.1 Å². The first kappa shape index (κ1) is 19.3. The van der Waals surface area contributed by atoms with Crippen molar-refractivity contribution in [2.24, 2.45) is 12.0 Å². The molecular formula is C19H18ClN3O3S2. The molecule has 9 heteroatoms. The Morgan fingerprint density at radius 1 is 1.11 bits per heavy atom. The number of hydrogen-bond donors (Lipinski definition) is 0. The van der Waals surface area contributed by atoms with Gasteiger partial charge >= 0.3 is 0 Å². The van der Waals surface area contributed by atoms with Crippen molar-refractivity contribution < 1.29 is 13.2 Å². The van der Waals surface area contributed by atoms with Crippen molar-refractivity contribution in [3.63, 3.8) is 0 Å². The van der Waals surface area contributed by atoms with Crippen LogP contribution < -0.4 is 4.80 Å². The van der Waals surface area contributed by atoms with Gasteiger partial charge in [0, 0.05) is 30.7 Å². The van der Waals surface area contributed by atoms with Crippen molar-refractivity contribution in [2.75, 3.05) is 13.1 Å². The summed E-state index contributed by atoms with van der Waals surface area (Å²) in [5, 5.41) is 0.627. The molecule has 0 spiro atoms. The number of fused-ring (bicyclic) bond motifs is 1. The van der Waals surface area contributed by atoms with Crippen molar-refractivity contribution in [1.82, 2.24) is 8.87 Å². The molecule has 0 unspecified atom stereocenters. The largest absolute Gasteiger partial charge is 0.319 e. The van der Waals surface area contributed by atoms with Gasteiger partial charge in [0.1, 0.15) is 0 Å². The Morgan fingerprint density at radius 3 is 2.46 bits per heavy atom. The molecule has 0 saturated carbocycles. The van der Waals surface area contributed by atoms with E-state index in [0.29, 0.717) is 28.5 Å². The summed E-state index contributed by atoms with van der Waals surface area (Å²) in [7, 11) is -1.65. The van der Waals surface area contributed by atoms with Gasteiger partial charge in [0.25, 0.3) is 5.91 Å². The molecule has 1 fully saturated rings. The fraction of sp³-hybridized carbons (Fsp3) is 0.263. The van der Waals surface area contributed by atoms with Crippen molar-refractivity contribution in [2.45, 2.75) is 17.7 Å². The fourth-order valence-electron chi connectivity index (χ4n) is 3.21. The smallest absolute Gasteiger partial charge is 0.279 e. The third-order valence-electron chi connectivity index (χ3n) is 4.77. The fourth-order valence-corrected chi connectivity index (χ4v) is 6.02. The summed E-state index contributed by atoms with van der Waals surface area (Å²) < 4.78 is 29.4. The van der Waals surface area contributed by atoms with Crippen LogP contribution in [0.4, 0.5) is 0 Å². The molecule has 0 aliphatic carbocycles. The topological polar surface area (TPSA) is 71.7 Å². The van der Waals surface area contributed by atoms with Gasteiger partial charge < -0.3 is 4.57 Å². The molecule has 3 aromatic rings. The summed E-state index contributed by atoms with van der Waals surface area (Å²) in [6, 6.07) is 11.5. The maximum Gasteiger partial charge on any atom is 0.279 e. The van der Waals surface area contributed by atoms with E-state index >= 15 is 0 Å². The molecule has 4 rings (SSSR count). The summed E-state index contributed by atoms with van der Waals surface area (Å²) in [6.45, 7) is 1.09. The van der Waals surface area contributed by atoms with Crippen LogP contribution in [0, 0.1) is 0 Å². The number of amides is 1. The number of carbonyl (C=O) groups is 1. The van der Waals surface area contributed by atoms with E-state index in [4.69, 9.17) is 11.6 Å². The zero-order valence-electron chi connectivity index (χ0n) is 15.1. The van der Waals surface area contributed by atoms with Crippen LogP contribution in [-0.4, -0.2) is 36.3 Å². The van der Waals surface area contributed by atoms with Crippen LogP contribution in [0.5, 0.6) is 0 Å². The standard InChI is InChI=1S/C19H18ClN3O3S2/c1-22-16-9-6-14(20)12-17(16)27-19(22)21-18(24)13-4-7-15(8-5-13)28(25,26)23-10-2-3-11-23/h4-9,12H,2-3,10-11H2,1H3. The molecule has 0 bridgehead atoms. The molecule has 1 amide bonds. The number of benzene rings is 2. The summed E-state index contributed by atoms with van der Waals surface area (Å²) >= 11 is 7.40. The van der Waals surface area contributed by atoms with Crippen molar-refractivity contribution in [3.05, 3.63) is 57.9 Å². The summed E-state index contributed by atoms with van der Waals surface area (Å²) in [5.74, 6) is -0.418. The molecule has 0 radical (unpaired) electrons. The first-order chi connectivity index (χ1) is 13.4. The number of nitrogens with zero attached hydrogens (tertiary/aromatic N) is 3. The van der Waals surface area contributed by atoms with Crippen LogP contribution >= 0.6 is 22.9 Å². The third kappa shape index (κ3) is 3.53. The SMILES string of the molecule is Cn1c(=NC(=O)c2ccc(S(=O)(=O)N3CCCC3)cc2)sc2cc(Cl)ccc21. The minimum atomic E-state index is -3.49. The van der Waals surface area contributed by atoms with Crippen molar-refractivity contribution >= 4 is 49.1 Å². The zero-order valence-corrected chi connectivity index (χ0v) is 17.5. The Kier molecular flexibility index (Phi) is 5.13. The lowest BCUT2D eigenvalue weighted by molar-refractivity contribution is 0.0998. The number of rotatable bonds is 3. The van der Waals surface area contributed by atoms with Gasteiger partial charge in [-0.05, 0) is 55.3 Å². The van der Waals surface area contributed by atoms with E-state index in [9.17, 15) is 13.2 Å². The van der Waals surface area contributed by atoms with Gasteiger partial charge in [-0.15, -0.1) is 0 Å². The molecule has 28 heavy (non-hydrogen) atoms. The highest BCUT2D eigenvalue weighted by molar-refractivity contribution is 7.89. The average Bonchev–Trinajstić information content (AvgIpc) is 3.31. The lowest BCUT2D eigenvalue weighted by Crippen LogP contribution is -2.27. The number of carbonyl (C=O) groups excluding carboxylic acids is 1. The van der Waals surface area contributed by atoms with Crippen LogP contribution in [0.1, 0.15) is 23.2 Å². The Hall–Kier alpha value is -2.00. The Bertz CT molecular complexity index is 1220. The number of thiazole rings is 1. The van der Waals surface area contributed by atoms with Gasteiger partial charge in [-0.2, -0.15) is 9.30 Å². The molecule has 1 aliphatic rings. The molecule has 1 aliphatic heterocycles. The van der Waals surface area contributed by atoms with E-state index in [2.05, 4.69) is 4.99 Å². The lowest BCUT2D eigenvalue weighted by atomic mass is 10.2. The number of aryl methyl sites for hydroxylation is 1. The maximum absolute atomic E-state index is 12.6. The van der Waals surface area contributed by atoms with Crippen LogP contribution in [0.25, 0.3) is 10.2 Å². The van der Waals surface area contributed by atoms with Crippen LogP contribution in [0.3, 0.4) is 0 Å². The highest BCUT2D eigenvalue weighted by Crippen LogP contribution is 2.22. The van der Waals surface area contributed by atoms with Crippen molar-refractivity contribution in [1.29, 1.82) is 0 Å². The molecule has 2 heterocycles. The Balaban J connectivity index is 1.64. The summed E-state index contributed by atoms with van der Waals surface area (Å²) in [5.41, 5.74) is 1.28. The first-order valence-electron chi connectivity index (χ1n) is 8.80. The monoisotopic (exact) mass is 435 g/mol. The Morgan fingerprint density at radius 2 is 1.79 bits per heavy atom. The minimum absolute atomic E-state index is 0.202. The molecule has 1 aromatic heterocycles. The average molecular weight is 436 g/mol. The van der Waals surface area contributed by atoms with Crippen LogP contribution in [0.15, 0.2) is 52.4 Å². The second-order valence-corrected chi connectivity index (χ2v) is 9.99. The van der Waals surface area contributed by atoms with Crippen molar-refractivity contribution in [3.8, 4) is 0 Å². The first-order valence-corrected chi connectivity index (χ1v) is 11.4. The molecule has 6 nitrogen and oxygen atoms in total. The van der Waals surface area contributed by atoms with E-state index in [1.807, 2.05) is 23.7 Å². The lowest BCUT2D eigenvalue weighted by Gasteiger charge is -2.15. The van der Waals surface area contributed by atoms with Gasteiger partial charge in [-0.1, -0.05) is 22.9 Å². The van der Waals surface area contributed by atoms with E-state index in [1.54, 1.807) is 6.07 Å². The second-order valence-electron chi connectivity index (χ2n) is 6.61. The van der Waals surface area contributed by atoms with Gasteiger partial charge in [-0.25, -0.2) is 8.42 Å². The van der Waals surface area contributed by atoms with Gasteiger partial charge in [0.2, 0.25) is 10.0 Å². The summed E-state index contributed by atoms with van der Waals surface area (Å²) in [6.07, 6.45) is 1.76. The molecule has 2 aromatic carbocycles. The van der Waals surface area contributed by atoms with Gasteiger partial charge in [0.15, 0.2) is 4.80 Å². The van der Waals surface area contributed by atoms with E-state index in [0.717, 1.165) is 23.1 Å². The molecule has 146 valence electrons. The number of sulfonamides is 1. The molecule has 0 atom stereocenters. The second kappa shape index (κ2) is 7.44. The zero-order chi connectivity index (χ0) is 19.9. The third-order valence-corrected chi connectivity index (χ3v) is 8.02. The summed E-state index contributed by atoms with van der Waals surface area (Å²) in [4.78, 5) is 17.5. The molecule has 1 saturated heterocycles. The normalized spacial score (nSPS) is 16.1. The quantitative estimate of drug-likeness (QED) is 0.632. The maximum atomic E-state index is 12.6. The Labute approximate surface area is 171 Å². The molecule has 0 N–H and O–H groups in total. The van der Waals surface area contributed by atoms with Gasteiger partial charge in [-0.3, -0.25) is 4.79 Å². The number of halogens is 1.